The van der Waals surface area contributed by atoms with Crippen LogP contribution in [0.4, 0.5) is 0 Å². The molecule has 3 fully saturated rings. The van der Waals surface area contributed by atoms with Gasteiger partial charge in [-0.2, -0.15) is 11.8 Å². The molecular weight excluding hydrogens is 405 g/mol. The molecule has 22 heavy (non-hydrogen) atoms. The molecule has 0 amide bonds. The maximum Gasteiger partial charge on any atom is 0.191 e. The van der Waals surface area contributed by atoms with E-state index in [1.165, 1.54) is 51.4 Å². The Labute approximate surface area is 157 Å². The van der Waals surface area contributed by atoms with Gasteiger partial charge in [-0.15, -0.1) is 24.0 Å². The van der Waals surface area contributed by atoms with E-state index in [-0.39, 0.29) is 24.0 Å². The zero-order chi connectivity index (χ0) is 14.7. The van der Waals surface area contributed by atoms with E-state index in [2.05, 4.69) is 23.8 Å². The summed E-state index contributed by atoms with van der Waals surface area (Å²) in [5.41, 5.74) is 0.583. The minimum Gasteiger partial charge on any atom is -0.357 e. The third-order valence-corrected chi connectivity index (χ3v) is 6.84. The van der Waals surface area contributed by atoms with Crippen LogP contribution >= 0.6 is 35.7 Å². The summed E-state index contributed by atoms with van der Waals surface area (Å²) < 4.78 is 0. The van der Waals surface area contributed by atoms with Crippen LogP contribution in [0, 0.1) is 11.3 Å². The van der Waals surface area contributed by atoms with Crippen LogP contribution in [-0.4, -0.2) is 36.6 Å². The summed E-state index contributed by atoms with van der Waals surface area (Å²) in [7, 11) is 0. The predicted molar refractivity (Wildman–Crippen MR) is 108 cm³/mol. The van der Waals surface area contributed by atoms with Gasteiger partial charge >= 0.3 is 0 Å². The van der Waals surface area contributed by atoms with Crippen molar-refractivity contribution in [1.82, 2.24) is 10.6 Å². The monoisotopic (exact) mass is 437 g/mol. The Kier molecular flexibility index (Phi) is 7.18. The van der Waals surface area contributed by atoms with Crippen LogP contribution in [-0.2, 0) is 0 Å². The molecule has 3 nitrogen and oxygen atoms in total. The Balaban J connectivity index is 0.00000176. The summed E-state index contributed by atoms with van der Waals surface area (Å²) >= 11 is 2.02. The lowest BCUT2D eigenvalue weighted by atomic mass is 9.65. The first-order chi connectivity index (χ1) is 10.3. The fraction of sp³-hybridized carbons (Fsp3) is 0.941. The lowest BCUT2D eigenvalue weighted by Gasteiger charge is -2.41. The van der Waals surface area contributed by atoms with Gasteiger partial charge in [0.15, 0.2) is 5.96 Å². The first-order valence-electron chi connectivity index (χ1n) is 8.83. The fourth-order valence-electron chi connectivity index (χ4n) is 4.06. The van der Waals surface area contributed by atoms with Crippen LogP contribution < -0.4 is 10.6 Å². The van der Waals surface area contributed by atoms with Crippen molar-refractivity contribution >= 4 is 41.7 Å². The topological polar surface area (TPSA) is 36.4 Å². The molecule has 0 saturated heterocycles. The molecule has 3 aliphatic rings. The van der Waals surface area contributed by atoms with E-state index >= 15 is 0 Å². The van der Waals surface area contributed by atoms with Crippen molar-refractivity contribution < 1.29 is 0 Å². The summed E-state index contributed by atoms with van der Waals surface area (Å²) in [5.74, 6) is 2.06. The fourth-order valence-corrected chi connectivity index (χ4v) is 4.85. The Morgan fingerprint density at radius 1 is 1.23 bits per heavy atom. The van der Waals surface area contributed by atoms with Crippen LogP contribution in [0.2, 0.25) is 0 Å². The van der Waals surface area contributed by atoms with Gasteiger partial charge in [0, 0.05) is 24.4 Å². The van der Waals surface area contributed by atoms with E-state index < -0.39 is 0 Å². The molecule has 0 aliphatic heterocycles. The quantitative estimate of drug-likeness (QED) is 0.374. The van der Waals surface area contributed by atoms with Crippen molar-refractivity contribution in [3.8, 4) is 0 Å². The molecule has 0 aromatic carbocycles. The normalized spacial score (nSPS) is 30.4. The van der Waals surface area contributed by atoms with Gasteiger partial charge in [-0.1, -0.05) is 6.42 Å². The highest BCUT2D eigenvalue weighted by Gasteiger charge is 2.48. The molecule has 5 heteroatoms. The average molecular weight is 437 g/mol. The standard InChI is InChI=1S/C17H31N3S.HI/c1-3-18-16(20-14-7-8-15(11-14)21-2)19-12-17(9-4-10-17)13-5-6-13;/h13-15H,3-12H2,1-2H3,(H2,18,19,20);1H. The maximum atomic E-state index is 4.97. The third kappa shape index (κ3) is 4.46. The van der Waals surface area contributed by atoms with Gasteiger partial charge in [0.25, 0.3) is 0 Å². The zero-order valence-electron chi connectivity index (χ0n) is 14.1. The van der Waals surface area contributed by atoms with Gasteiger partial charge in [0.2, 0.25) is 0 Å². The number of guanidine groups is 1. The molecule has 2 atom stereocenters. The van der Waals surface area contributed by atoms with E-state index in [1.807, 2.05) is 11.8 Å². The molecule has 0 heterocycles. The van der Waals surface area contributed by atoms with Crippen molar-refractivity contribution in [3.63, 3.8) is 0 Å². The highest BCUT2D eigenvalue weighted by molar-refractivity contribution is 14.0. The second kappa shape index (κ2) is 8.45. The van der Waals surface area contributed by atoms with Gasteiger partial charge in [-0.05, 0) is 69.5 Å². The van der Waals surface area contributed by atoms with Crippen LogP contribution in [0.15, 0.2) is 4.99 Å². The molecule has 3 rings (SSSR count). The van der Waals surface area contributed by atoms with Crippen molar-refractivity contribution in [2.24, 2.45) is 16.3 Å². The van der Waals surface area contributed by atoms with Crippen LogP contribution in [0.25, 0.3) is 0 Å². The van der Waals surface area contributed by atoms with Gasteiger partial charge in [-0.3, -0.25) is 4.99 Å². The summed E-state index contributed by atoms with van der Waals surface area (Å²) in [6, 6.07) is 0.624. The minimum atomic E-state index is 0. The van der Waals surface area contributed by atoms with Gasteiger partial charge in [0.1, 0.15) is 0 Å². The Morgan fingerprint density at radius 3 is 2.50 bits per heavy atom. The molecular formula is C17H32IN3S. The number of hydrogen-bond donors (Lipinski definition) is 2. The first kappa shape index (κ1) is 18.7. The largest absolute Gasteiger partial charge is 0.357 e. The summed E-state index contributed by atoms with van der Waals surface area (Å²) in [4.78, 5) is 4.97. The zero-order valence-corrected chi connectivity index (χ0v) is 17.2. The molecule has 0 aromatic heterocycles. The number of rotatable bonds is 6. The lowest BCUT2D eigenvalue weighted by Crippen LogP contribution is -2.44. The lowest BCUT2D eigenvalue weighted by molar-refractivity contribution is 0.113. The molecule has 2 N–H and O–H groups in total. The smallest absolute Gasteiger partial charge is 0.191 e. The van der Waals surface area contributed by atoms with Crippen molar-refractivity contribution in [2.75, 3.05) is 19.3 Å². The second-order valence-electron chi connectivity index (χ2n) is 7.20. The summed E-state index contributed by atoms with van der Waals surface area (Å²) in [6.07, 6.45) is 13.3. The van der Waals surface area contributed by atoms with E-state index in [0.29, 0.717) is 11.5 Å². The third-order valence-electron chi connectivity index (χ3n) is 5.75. The number of thioether (sulfide) groups is 1. The molecule has 0 bridgehead atoms. The maximum absolute atomic E-state index is 4.97. The summed E-state index contributed by atoms with van der Waals surface area (Å²) in [5, 5.41) is 7.98. The van der Waals surface area contributed by atoms with Gasteiger partial charge in [0.05, 0.1) is 0 Å². The van der Waals surface area contributed by atoms with E-state index in [1.54, 1.807) is 0 Å². The molecule has 2 unspecified atom stereocenters. The predicted octanol–water partition coefficient (Wildman–Crippen LogP) is 4.02. The highest BCUT2D eigenvalue weighted by Crippen LogP contribution is 2.57. The number of aliphatic imine (C=N–C) groups is 1. The average Bonchev–Trinajstić information content (AvgIpc) is 3.18. The molecule has 0 radical (unpaired) electrons. The van der Waals surface area contributed by atoms with E-state index in [9.17, 15) is 0 Å². The highest BCUT2D eigenvalue weighted by atomic mass is 127. The molecule has 3 aliphatic carbocycles. The van der Waals surface area contributed by atoms with Crippen molar-refractivity contribution in [2.45, 2.75) is 69.6 Å². The van der Waals surface area contributed by atoms with Crippen LogP contribution in [0.3, 0.4) is 0 Å². The minimum absolute atomic E-state index is 0. The SMILES string of the molecule is CCNC(=NCC1(C2CC2)CCC1)NC1CCC(SC)C1.I. The second-order valence-corrected chi connectivity index (χ2v) is 8.34. The number of nitrogens with zero attached hydrogens (tertiary/aromatic N) is 1. The van der Waals surface area contributed by atoms with Gasteiger partial charge < -0.3 is 10.6 Å². The van der Waals surface area contributed by atoms with Gasteiger partial charge in [-0.25, -0.2) is 0 Å². The van der Waals surface area contributed by atoms with E-state index in [0.717, 1.165) is 30.2 Å². The Hall–Kier alpha value is 0.350. The summed E-state index contributed by atoms with van der Waals surface area (Å²) in [6.45, 7) is 4.17. The van der Waals surface area contributed by atoms with E-state index in [4.69, 9.17) is 4.99 Å². The number of halogens is 1. The van der Waals surface area contributed by atoms with Crippen LogP contribution in [0.5, 0.6) is 0 Å². The van der Waals surface area contributed by atoms with Crippen molar-refractivity contribution in [3.05, 3.63) is 0 Å². The van der Waals surface area contributed by atoms with Crippen LogP contribution in [0.1, 0.15) is 58.3 Å². The Bertz CT molecular complexity index is 380. The van der Waals surface area contributed by atoms with Crippen molar-refractivity contribution in [1.29, 1.82) is 0 Å². The number of hydrogen-bond acceptors (Lipinski definition) is 2. The molecule has 0 spiro atoms. The molecule has 0 aromatic rings. The first-order valence-corrected chi connectivity index (χ1v) is 10.1. The molecule has 3 saturated carbocycles. The Morgan fingerprint density at radius 2 is 2.00 bits per heavy atom. The molecule has 128 valence electrons. The number of nitrogens with one attached hydrogen (secondary N) is 2.